The van der Waals surface area contributed by atoms with Crippen molar-refractivity contribution in [1.29, 1.82) is 0 Å². The SMILES string of the molecule is NCC1(CC(=O)O)CCCOCC1. The average Bonchev–Trinajstić information content (AvgIpc) is 2.30. The van der Waals surface area contributed by atoms with Gasteiger partial charge in [-0.1, -0.05) is 0 Å². The first-order valence-corrected chi connectivity index (χ1v) is 4.68. The molecule has 13 heavy (non-hydrogen) atoms. The largest absolute Gasteiger partial charge is 0.481 e. The van der Waals surface area contributed by atoms with E-state index in [0.29, 0.717) is 13.2 Å². The highest BCUT2D eigenvalue weighted by Gasteiger charge is 2.32. The van der Waals surface area contributed by atoms with E-state index in [1.165, 1.54) is 0 Å². The normalized spacial score (nSPS) is 29.6. The van der Waals surface area contributed by atoms with E-state index in [9.17, 15) is 4.79 Å². The topological polar surface area (TPSA) is 72.6 Å². The van der Waals surface area contributed by atoms with E-state index in [1.807, 2.05) is 0 Å². The van der Waals surface area contributed by atoms with Crippen molar-refractivity contribution in [3.63, 3.8) is 0 Å². The predicted molar refractivity (Wildman–Crippen MR) is 48.4 cm³/mol. The van der Waals surface area contributed by atoms with Crippen molar-refractivity contribution in [2.24, 2.45) is 11.1 Å². The highest BCUT2D eigenvalue weighted by atomic mass is 16.5. The molecule has 0 bridgehead atoms. The molecule has 0 aromatic heterocycles. The van der Waals surface area contributed by atoms with E-state index in [1.54, 1.807) is 0 Å². The molecule has 1 fully saturated rings. The number of aliphatic carboxylic acids is 1. The molecule has 1 heterocycles. The first-order valence-electron chi connectivity index (χ1n) is 4.68. The van der Waals surface area contributed by atoms with Crippen LogP contribution in [0.4, 0.5) is 0 Å². The standard InChI is InChI=1S/C9H17NO3/c10-7-9(6-8(11)12)2-1-4-13-5-3-9/h1-7,10H2,(H,11,12). The van der Waals surface area contributed by atoms with E-state index < -0.39 is 5.97 Å². The average molecular weight is 187 g/mol. The van der Waals surface area contributed by atoms with Gasteiger partial charge in [-0.3, -0.25) is 4.79 Å². The Morgan fingerprint density at radius 2 is 2.23 bits per heavy atom. The van der Waals surface area contributed by atoms with E-state index in [2.05, 4.69) is 0 Å². The summed E-state index contributed by atoms with van der Waals surface area (Å²) in [6.45, 7) is 1.83. The molecule has 0 aromatic carbocycles. The van der Waals surface area contributed by atoms with Crippen LogP contribution in [0.15, 0.2) is 0 Å². The lowest BCUT2D eigenvalue weighted by atomic mass is 9.78. The zero-order valence-electron chi connectivity index (χ0n) is 7.79. The lowest BCUT2D eigenvalue weighted by molar-refractivity contribution is -0.139. The number of carboxylic acids is 1. The van der Waals surface area contributed by atoms with Gasteiger partial charge in [-0.15, -0.1) is 0 Å². The van der Waals surface area contributed by atoms with Crippen LogP contribution in [0.5, 0.6) is 0 Å². The molecule has 0 saturated carbocycles. The van der Waals surface area contributed by atoms with E-state index in [-0.39, 0.29) is 11.8 Å². The maximum atomic E-state index is 10.6. The molecular formula is C9H17NO3. The van der Waals surface area contributed by atoms with Gasteiger partial charge < -0.3 is 15.6 Å². The molecule has 76 valence electrons. The maximum Gasteiger partial charge on any atom is 0.303 e. The van der Waals surface area contributed by atoms with Crippen molar-refractivity contribution in [2.45, 2.75) is 25.7 Å². The van der Waals surface area contributed by atoms with Gasteiger partial charge >= 0.3 is 5.97 Å². The second kappa shape index (κ2) is 4.58. The zero-order chi connectivity index (χ0) is 9.73. The molecule has 1 unspecified atom stereocenters. The minimum absolute atomic E-state index is 0.173. The van der Waals surface area contributed by atoms with Crippen LogP contribution in [0.3, 0.4) is 0 Å². The van der Waals surface area contributed by atoms with E-state index in [4.69, 9.17) is 15.6 Å². The third-order valence-corrected chi connectivity index (χ3v) is 2.73. The van der Waals surface area contributed by atoms with Crippen molar-refractivity contribution in [2.75, 3.05) is 19.8 Å². The second-order valence-electron chi connectivity index (χ2n) is 3.74. The summed E-state index contributed by atoms with van der Waals surface area (Å²) in [6, 6.07) is 0. The molecule has 4 nitrogen and oxygen atoms in total. The first-order chi connectivity index (χ1) is 6.18. The van der Waals surface area contributed by atoms with Crippen LogP contribution in [0.2, 0.25) is 0 Å². The Kier molecular flexibility index (Phi) is 3.69. The summed E-state index contributed by atoms with van der Waals surface area (Å²) in [5, 5.41) is 8.76. The van der Waals surface area contributed by atoms with Crippen LogP contribution >= 0.6 is 0 Å². The lowest BCUT2D eigenvalue weighted by Crippen LogP contribution is -2.33. The maximum absolute atomic E-state index is 10.6. The highest BCUT2D eigenvalue weighted by Crippen LogP contribution is 2.33. The summed E-state index contributed by atoms with van der Waals surface area (Å²) < 4.78 is 5.28. The third-order valence-electron chi connectivity index (χ3n) is 2.73. The molecular weight excluding hydrogens is 170 g/mol. The molecule has 1 saturated heterocycles. The van der Waals surface area contributed by atoms with Crippen LogP contribution in [0.1, 0.15) is 25.7 Å². The fourth-order valence-electron chi connectivity index (χ4n) is 1.84. The Morgan fingerprint density at radius 3 is 2.85 bits per heavy atom. The Balaban J connectivity index is 2.58. The summed E-state index contributed by atoms with van der Waals surface area (Å²) in [7, 11) is 0. The molecule has 4 heteroatoms. The molecule has 1 atom stereocenters. The fraction of sp³-hybridized carbons (Fsp3) is 0.889. The number of carbonyl (C=O) groups is 1. The molecule has 1 aliphatic heterocycles. The van der Waals surface area contributed by atoms with Gasteiger partial charge in [0.25, 0.3) is 0 Å². The van der Waals surface area contributed by atoms with Gasteiger partial charge in [-0.25, -0.2) is 0 Å². The van der Waals surface area contributed by atoms with Crippen molar-refractivity contribution in [3.05, 3.63) is 0 Å². The summed E-state index contributed by atoms with van der Waals surface area (Å²) in [5.74, 6) is -0.757. The Bertz CT molecular complexity index is 174. The Labute approximate surface area is 78.1 Å². The van der Waals surface area contributed by atoms with Crippen LogP contribution in [-0.4, -0.2) is 30.8 Å². The van der Waals surface area contributed by atoms with Gasteiger partial charge in [-0.05, 0) is 31.2 Å². The Morgan fingerprint density at radius 1 is 1.46 bits per heavy atom. The quantitative estimate of drug-likeness (QED) is 0.679. The number of rotatable bonds is 3. The number of carboxylic acid groups (broad SMARTS) is 1. The minimum Gasteiger partial charge on any atom is -0.481 e. The van der Waals surface area contributed by atoms with Gasteiger partial charge in [0.2, 0.25) is 0 Å². The van der Waals surface area contributed by atoms with Gasteiger partial charge in [0, 0.05) is 13.2 Å². The zero-order valence-corrected chi connectivity index (χ0v) is 7.79. The summed E-state index contributed by atoms with van der Waals surface area (Å²) in [5.41, 5.74) is 5.42. The smallest absolute Gasteiger partial charge is 0.303 e. The van der Waals surface area contributed by atoms with Gasteiger partial charge in [0.1, 0.15) is 0 Å². The van der Waals surface area contributed by atoms with Gasteiger partial charge in [-0.2, -0.15) is 0 Å². The van der Waals surface area contributed by atoms with Crippen molar-refractivity contribution < 1.29 is 14.6 Å². The van der Waals surface area contributed by atoms with Crippen LogP contribution in [0.25, 0.3) is 0 Å². The van der Waals surface area contributed by atoms with Crippen LogP contribution in [-0.2, 0) is 9.53 Å². The van der Waals surface area contributed by atoms with Crippen molar-refractivity contribution in [1.82, 2.24) is 0 Å². The predicted octanol–water partition coefficient (Wildman–Crippen LogP) is 0.607. The molecule has 0 aliphatic carbocycles. The van der Waals surface area contributed by atoms with Crippen LogP contribution in [0, 0.1) is 5.41 Å². The van der Waals surface area contributed by atoms with Gasteiger partial charge in [0.05, 0.1) is 6.42 Å². The second-order valence-corrected chi connectivity index (χ2v) is 3.74. The van der Waals surface area contributed by atoms with Gasteiger partial charge in [0.15, 0.2) is 0 Å². The number of hydrogen-bond donors (Lipinski definition) is 2. The molecule has 1 aliphatic rings. The van der Waals surface area contributed by atoms with Crippen molar-refractivity contribution >= 4 is 5.97 Å². The number of hydrogen-bond acceptors (Lipinski definition) is 3. The lowest BCUT2D eigenvalue weighted by Gasteiger charge is -2.28. The molecule has 0 radical (unpaired) electrons. The number of nitrogens with two attached hydrogens (primary N) is 1. The Hall–Kier alpha value is -0.610. The summed E-state index contributed by atoms with van der Waals surface area (Å²) in [6.07, 6.45) is 2.74. The first kappa shape index (κ1) is 10.5. The molecule has 1 rings (SSSR count). The molecule has 0 amide bonds. The van der Waals surface area contributed by atoms with E-state index in [0.717, 1.165) is 25.9 Å². The monoisotopic (exact) mass is 187 g/mol. The molecule has 0 spiro atoms. The molecule has 3 N–H and O–H groups in total. The molecule has 0 aromatic rings. The highest BCUT2D eigenvalue weighted by molar-refractivity contribution is 5.67. The third kappa shape index (κ3) is 2.97. The number of ether oxygens (including phenoxy) is 1. The van der Waals surface area contributed by atoms with Crippen molar-refractivity contribution in [3.8, 4) is 0 Å². The minimum atomic E-state index is -0.757. The summed E-state index contributed by atoms with van der Waals surface area (Å²) in [4.78, 5) is 10.6. The fourth-order valence-corrected chi connectivity index (χ4v) is 1.84. The summed E-state index contributed by atoms with van der Waals surface area (Å²) >= 11 is 0. The van der Waals surface area contributed by atoms with E-state index >= 15 is 0 Å². The van der Waals surface area contributed by atoms with Crippen LogP contribution < -0.4 is 5.73 Å².